The molecule has 0 saturated heterocycles. The van der Waals surface area contributed by atoms with Gasteiger partial charge in [0.15, 0.2) is 0 Å². The van der Waals surface area contributed by atoms with E-state index in [0.717, 1.165) is 12.8 Å². The number of nitrogens with zero attached hydrogens (tertiary/aromatic N) is 1. The van der Waals surface area contributed by atoms with Crippen LogP contribution >= 0.6 is 0 Å². The third-order valence-electron chi connectivity index (χ3n) is 4.61. The maximum atomic E-state index is 13.9. The maximum Gasteiger partial charge on any atom is 0.224 e. The van der Waals surface area contributed by atoms with Gasteiger partial charge in [0, 0.05) is 5.56 Å². The number of hydrogen-bond acceptors (Lipinski definition) is 3. The van der Waals surface area contributed by atoms with Gasteiger partial charge in [-0.1, -0.05) is 48.5 Å². The van der Waals surface area contributed by atoms with Crippen molar-refractivity contribution in [3.05, 3.63) is 71.5 Å². The van der Waals surface area contributed by atoms with Crippen LogP contribution in [0.1, 0.15) is 36.4 Å². The smallest absolute Gasteiger partial charge is 0.224 e. The van der Waals surface area contributed by atoms with Gasteiger partial charge in [-0.25, -0.2) is 4.39 Å². The number of carbonyl (C=O) groups is 1. The van der Waals surface area contributed by atoms with E-state index in [-0.39, 0.29) is 17.9 Å². The summed E-state index contributed by atoms with van der Waals surface area (Å²) in [7, 11) is 0. The molecule has 2 aromatic carbocycles. The van der Waals surface area contributed by atoms with Gasteiger partial charge >= 0.3 is 0 Å². The summed E-state index contributed by atoms with van der Waals surface area (Å²) in [6.45, 7) is 0. The molecule has 0 radical (unpaired) electrons. The van der Waals surface area contributed by atoms with Crippen LogP contribution in [-0.4, -0.2) is 11.0 Å². The van der Waals surface area contributed by atoms with Crippen LogP contribution in [-0.2, 0) is 10.4 Å². The van der Waals surface area contributed by atoms with Crippen molar-refractivity contribution in [3.8, 4) is 6.07 Å². The highest BCUT2D eigenvalue weighted by Gasteiger charge is 2.46. The Morgan fingerprint density at radius 1 is 1.24 bits per heavy atom. The quantitative estimate of drug-likeness (QED) is 0.849. The van der Waals surface area contributed by atoms with Gasteiger partial charge in [-0.3, -0.25) is 4.79 Å². The lowest BCUT2D eigenvalue weighted by atomic mass is 9.85. The van der Waals surface area contributed by atoms with Crippen LogP contribution in [0.5, 0.6) is 0 Å². The molecule has 0 bridgehead atoms. The SMILES string of the molecule is N#CC(NC(=O)CC(O)(c1ccccc1)C1CC1)c1ccccc1F. The first-order valence-corrected chi connectivity index (χ1v) is 8.26. The molecule has 1 amide bonds. The number of rotatable bonds is 6. The predicted molar refractivity (Wildman–Crippen MR) is 90.6 cm³/mol. The van der Waals surface area contributed by atoms with Crippen molar-refractivity contribution in [2.75, 3.05) is 0 Å². The van der Waals surface area contributed by atoms with Gasteiger partial charge in [0.05, 0.1) is 12.5 Å². The molecule has 0 aromatic heterocycles. The fraction of sp³-hybridized carbons (Fsp3) is 0.300. The molecule has 1 aliphatic rings. The van der Waals surface area contributed by atoms with E-state index < -0.39 is 23.4 Å². The van der Waals surface area contributed by atoms with Gasteiger partial charge in [-0.05, 0) is 30.4 Å². The molecule has 2 unspecified atom stereocenters. The van der Waals surface area contributed by atoms with E-state index in [1.54, 1.807) is 18.2 Å². The molecule has 0 spiro atoms. The van der Waals surface area contributed by atoms with Crippen molar-refractivity contribution in [1.29, 1.82) is 5.26 Å². The first-order valence-electron chi connectivity index (χ1n) is 8.26. The van der Waals surface area contributed by atoms with Gasteiger partial charge in [0.2, 0.25) is 5.91 Å². The normalized spacial score (nSPS) is 17.2. The number of benzene rings is 2. The van der Waals surface area contributed by atoms with Crippen molar-refractivity contribution < 1.29 is 14.3 Å². The zero-order valence-electron chi connectivity index (χ0n) is 13.7. The van der Waals surface area contributed by atoms with Gasteiger partial charge in [0.25, 0.3) is 0 Å². The number of halogens is 1. The minimum atomic E-state index is -1.26. The molecular formula is C20H19FN2O2. The highest BCUT2D eigenvalue weighted by molar-refractivity contribution is 5.78. The minimum absolute atomic E-state index is 0.0228. The predicted octanol–water partition coefficient (Wildman–Crippen LogP) is 3.19. The second-order valence-electron chi connectivity index (χ2n) is 6.39. The Morgan fingerprint density at radius 2 is 1.88 bits per heavy atom. The van der Waals surface area contributed by atoms with Crippen molar-refractivity contribution in [2.45, 2.75) is 30.9 Å². The second kappa shape index (κ2) is 7.04. The largest absolute Gasteiger partial charge is 0.384 e. The van der Waals surface area contributed by atoms with Gasteiger partial charge in [-0.15, -0.1) is 0 Å². The van der Waals surface area contributed by atoms with Crippen LogP contribution in [0.15, 0.2) is 54.6 Å². The fourth-order valence-electron chi connectivity index (χ4n) is 3.12. The first kappa shape index (κ1) is 17.1. The minimum Gasteiger partial charge on any atom is -0.384 e. The Bertz CT molecular complexity index is 799. The standard InChI is InChI=1S/C20H19FN2O2/c21-17-9-5-4-8-16(17)18(13-22)23-19(24)12-20(25,15-10-11-15)14-6-2-1-3-7-14/h1-9,15,18,25H,10-12H2,(H,23,24). The number of aliphatic hydroxyl groups is 1. The lowest BCUT2D eigenvalue weighted by Gasteiger charge is -2.28. The third kappa shape index (κ3) is 3.70. The molecule has 3 rings (SSSR count). The van der Waals surface area contributed by atoms with Crippen molar-refractivity contribution >= 4 is 5.91 Å². The number of carbonyl (C=O) groups excluding carboxylic acids is 1. The van der Waals surface area contributed by atoms with E-state index in [1.165, 1.54) is 18.2 Å². The molecule has 2 aromatic rings. The van der Waals surface area contributed by atoms with Gasteiger partial charge in [0.1, 0.15) is 17.5 Å². The zero-order chi connectivity index (χ0) is 17.9. The lowest BCUT2D eigenvalue weighted by molar-refractivity contribution is -0.128. The van der Waals surface area contributed by atoms with E-state index in [2.05, 4.69) is 5.32 Å². The summed E-state index contributed by atoms with van der Waals surface area (Å²) in [6.07, 6.45) is 1.55. The maximum absolute atomic E-state index is 13.9. The number of nitrogens with one attached hydrogen (secondary N) is 1. The zero-order valence-corrected chi connectivity index (χ0v) is 13.7. The number of hydrogen-bond donors (Lipinski definition) is 2. The highest BCUT2D eigenvalue weighted by atomic mass is 19.1. The van der Waals surface area contributed by atoms with Crippen LogP contribution in [0, 0.1) is 23.1 Å². The van der Waals surface area contributed by atoms with Gasteiger partial charge in [-0.2, -0.15) is 5.26 Å². The Labute approximate surface area is 145 Å². The van der Waals surface area contributed by atoms with Crippen LogP contribution in [0.25, 0.3) is 0 Å². The van der Waals surface area contributed by atoms with Gasteiger partial charge < -0.3 is 10.4 Å². The molecule has 5 heteroatoms. The Hall–Kier alpha value is -2.71. The average Bonchev–Trinajstić information content (AvgIpc) is 3.46. The summed E-state index contributed by atoms with van der Waals surface area (Å²) >= 11 is 0. The summed E-state index contributed by atoms with van der Waals surface area (Å²) in [6, 6.07) is 15.7. The molecule has 4 nitrogen and oxygen atoms in total. The lowest BCUT2D eigenvalue weighted by Crippen LogP contribution is -2.38. The van der Waals surface area contributed by atoms with Crippen LogP contribution < -0.4 is 5.32 Å². The molecule has 128 valence electrons. The summed E-state index contributed by atoms with van der Waals surface area (Å²) < 4.78 is 13.9. The van der Waals surface area contributed by atoms with Crippen LogP contribution in [0.2, 0.25) is 0 Å². The first-order chi connectivity index (χ1) is 12.0. The second-order valence-corrected chi connectivity index (χ2v) is 6.39. The molecule has 0 heterocycles. The van der Waals surface area contributed by atoms with Crippen molar-refractivity contribution in [2.24, 2.45) is 5.92 Å². The van der Waals surface area contributed by atoms with E-state index >= 15 is 0 Å². The fourth-order valence-corrected chi connectivity index (χ4v) is 3.12. The summed E-state index contributed by atoms with van der Waals surface area (Å²) in [5.41, 5.74) is -0.458. The van der Waals surface area contributed by atoms with Crippen LogP contribution in [0.4, 0.5) is 4.39 Å². The monoisotopic (exact) mass is 338 g/mol. The van der Waals surface area contributed by atoms with E-state index in [9.17, 15) is 19.6 Å². The topological polar surface area (TPSA) is 73.1 Å². The number of nitriles is 1. The molecule has 1 aliphatic carbocycles. The molecule has 1 fully saturated rings. The summed E-state index contributed by atoms with van der Waals surface area (Å²) in [4.78, 5) is 12.5. The average molecular weight is 338 g/mol. The van der Waals surface area contributed by atoms with Crippen LogP contribution in [0.3, 0.4) is 0 Å². The molecular weight excluding hydrogens is 319 g/mol. The molecule has 2 atom stereocenters. The third-order valence-corrected chi connectivity index (χ3v) is 4.61. The highest BCUT2D eigenvalue weighted by Crippen LogP contribution is 2.47. The Morgan fingerprint density at radius 3 is 2.48 bits per heavy atom. The molecule has 2 N–H and O–H groups in total. The number of amides is 1. The van der Waals surface area contributed by atoms with E-state index in [0.29, 0.717) is 5.56 Å². The molecule has 1 saturated carbocycles. The molecule has 0 aliphatic heterocycles. The van der Waals surface area contributed by atoms with Crippen molar-refractivity contribution in [1.82, 2.24) is 5.32 Å². The van der Waals surface area contributed by atoms with E-state index in [1.807, 2.05) is 24.3 Å². The summed E-state index contributed by atoms with van der Waals surface area (Å²) in [5, 5.41) is 22.9. The Balaban J connectivity index is 1.76. The Kier molecular flexibility index (Phi) is 4.82. The summed E-state index contributed by atoms with van der Waals surface area (Å²) in [5.74, 6) is -1.00. The van der Waals surface area contributed by atoms with Crippen molar-refractivity contribution in [3.63, 3.8) is 0 Å². The molecule has 25 heavy (non-hydrogen) atoms. The van der Waals surface area contributed by atoms with E-state index in [4.69, 9.17) is 0 Å².